The molecule has 4 heteroatoms. The lowest BCUT2D eigenvalue weighted by Gasteiger charge is -2.19. The topological polar surface area (TPSA) is 47.6 Å². The highest BCUT2D eigenvalue weighted by Gasteiger charge is 2.20. The van der Waals surface area contributed by atoms with Crippen molar-refractivity contribution in [1.29, 1.82) is 10.5 Å². The number of nitrogens with zero attached hydrogens (tertiary/aromatic N) is 2. The first-order valence-electron chi connectivity index (χ1n) is 14.2. The van der Waals surface area contributed by atoms with Gasteiger partial charge in [-0.15, -0.1) is 0 Å². The van der Waals surface area contributed by atoms with Crippen LogP contribution in [-0.4, -0.2) is 0 Å². The quantitative estimate of drug-likeness (QED) is 0.195. The van der Waals surface area contributed by atoms with Gasteiger partial charge in [0.05, 0.1) is 11.1 Å². The lowest BCUT2D eigenvalue weighted by molar-refractivity contribution is 0.627. The fourth-order valence-corrected chi connectivity index (χ4v) is 6.68. The molecule has 2 nitrogen and oxygen atoms in total. The second kappa shape index (κ2) is 9.73. The summed E-state index contributed by atoms with van der Waals surface area (Å²) in [6.45, 7) is 0. The van der Waals surface area contributed by atoms with E-state index in [9.17, 15) is 19.3 Å². The van der Waals surface area contributed by atoms with Crippen molar-refractivity contribution in [2.24, 2.45) is 0 Å². The first-order valence-corrected chi connectivity index (χ1v) is 14.2. The van der Waals surface area contributed by atoms with Gasteiger partial charge < -0.3 is 0 Å². The van der Waals surface area contributed by atoms with E-state index in [2.05, 4.69) is 48.5 Å². The van der Waals surface area contributed by atoms with E-state index < -0.39 is 0 Å². The molecule has 0 aromatic heterocycles. The molecule has 0 saturated carbocycles. The molecular weight excluding hydrogens is 546 g/mol. The Hall–Kier alpha value is -6.10. The minimum Gasteiger partial charge on any atom is -0.207 e. The van der Waals surface area contributed by atoms with E-state index in [0.29, 0.717) is 11.1 Å². The summed E-state index contributed by atoms with van der Waals surface area (Å²) in [6.07, 6.45) is 0. The van der Waals surface area contributed by atoms with Crippen molar-refractivity contribution >= 4 is 53.9 Å². The summed E-state index contributed by atoms with van der Waals surface area (Å²) >= 11 is 0. The number of benzene rings is 8. The largest absolute Gasteiger partial charge is 0.207 e. The van der Waals surface area contributed by atoms with Gasteiger partial charge in [0.1, 0.15) is 23.8 Å². The zero-order valence-corrected chi connectivity index (χ0v) is 23.2. The molecule has 204 valence electrons. The van der Waals surface area contributed by atoms with Gasteiger partial charge in [-0.05, 0) is 125 Å². The predicted octanol–water partition coefficient (Wildman–Crippen LogP) is 10.8. The van der Waals surface area contributed by atoms with Crippen LogP contribution in [0.1, 0.15) is 11.1 Å². The van der Waals surface area contributed by atoms with Crippen molar-refractivity contribution in [3.05, 3.63) is 144 Å². The Morgan fingerprint density at radius 2 is 0.750 bits per heavy atom. The molecule has 44 heavy (non-hydrogen) atoms. The molecule has 0 heterocycles. The maximum atomic E-state index is 14.0. The fourth-order valence-electron chi connectivity index (χ4n) is 6.68. The van der Waals surface area contributed by atoms with Crippen LogP contribution >= 0.6 is 0 Å². The van der Waals surface area contributed by atoms with E-state index in [-0.39, 0.29) is 11.6 Å². The molecule has 0 aliphatic rings. The lowest BCUT2D eigenvalue weighted by Crippen LogP contribution is -1.93. The molecular formula is C40H20F2N2. The number of rotatable bonds is 2. The van der Waals surface area contributed by atoms with E-state index in [4.69, 9.17) is 0 Å². The molecule has 8 aromatic carbocycles. The van der Waals surface area contributed by atoms with Crippen LogP contribution in [0.3, 0.4) is 0 Å². The molecule has 8 rings (SSSR count). The van der Waals surface area contributed by atoms with Gasteiger partial charge in [0.2, 0.25) is 0 Å². The van der Waals surface area contributed by atoms with Gasteiger partial charge in [-0.25, -0.2) is 8.78 Å². The summed E-state index contributed by atoms with van der Waals surface area (Å²) < 4.78 is 27.9. The van der Waals surface area contributed by atoms with Crippen LogP contribution < -0.4 is 0 Å². The smallest absolute Gasteiger partial charge is 0.123 e. The third-order valence-electron chi connectivity index (χ3n) is 8.63. The van der Waals surface area contributed by atoms with Gasteiger partial charge in [-0.2, -0.15) is 10.5 Å². The fraction of sp³-hybridized carbons (Fsp3) is 0. The van der Waals surface area contributed by atoms with Crippen molar-refractivity contribution in [3.8, 4) is 34.4 Å². The average molecular weight is 567 g/mol. The normalized spacial score (nSPS) is 11.4. The van der Waals surface area contributed by atoms with E-state index in [1.807, 2.05) is 36.4 Å². The van der Waals surface area contributed by atoms with Crippen LogP contribution in [0.2, 0.25) is 0 Å². The Balaban J connectivity index is 1.67. The molecule has 0 N–H and O–H groups in total. The highest BCUT2D eigenvalue weighted by atomic mass is 19.1. The number of fused-ring (bicyclic) bond motifs is 10. The van der Waals surface area contributed by atoms with E-state index in [1.165, 1.54) is 24.3 Å². The zero-order chi connectivity index (χ0) is 29.9. The van der Waals surface area contributed by atoms with Gasteiger partial charge in [0.15, 0.2) is 0 Å². The van der Waals surface area contributed by atoms with Crippen LogP contribution in [-0.2, 0) is 0 Å². The molecule has 0 spiro atoms. The first kappa shape index (κ1) is 25.6. The summed E-state index contributed by atoms with van der Waals surface area (Å²) in [6, 6.07) is 41.7. The first-order chi connectivity index (χ1) is 21.6. The van der Waals surface area contributed by atoms with Crippen LogP contribution in [0, 0.1) is 34.3 Å². The third kappa shape index (κ3) is 3.76. The zero-order valence-electron chi connectivity index (χ0n) is 23.2. The molecule has 0 unspecified atom stereocenters. The average Bonchev–Trinajstić information content (AvgIpc) is 3.07. The molecule has 0 amide bonds. The Labute approximate surface area is 251 Å². The third-order valence-corrected chi connectivity index (χ3v) is 8.63. The van der Waals surface area contributed by atoms with Crippen molar-refractivity contribution in [3.63, 3.8) is 0 Å². The van der Waals surface area contributed by atoms with Gasteiger partial charge in [-0.3, -0.25) is 0 Å². The molecule has 0 radical (unpaired) electrons. The van der Waals surface area contributed by atoms with Crippen LogP contribution in [0.4, 0.5) is 8.78 Å². The van der Waals surface area contributed by atoms with Gasteiger partial charge in [0.25, 0.3) is 0 Å². The predicted molar refractivity (Wildman–Crippen MR) is 174 cm³/mol. The molecule has 8 aromatic rings. The Morgan fingerprint density at radius 3 is 1.11 bits per heavy atom. The summed E-state index contributed by atoms with van der Waals surface area (Å²) in [7, 11) is 0. The molecule has 0 fully saturated rings. The van der Waals surface area contributed by atoms with Crippen LogP contribution in [0.15, 0.2) is 121 Å². The summed E-state index contributed by atoms with van der Waals surface area (Å²) in [5, 5.41) is 29.8. The maximum Gasteiger partial charge on any atom is 0.123 e. The monoisotopic (exact) mass is 566 g/mol. The minimum atomic E-state index is -0.304. The SMILES string of the molecule is N#Cc1cc2c(cc1C#N)c1cc(-c3ccc(F)cc3)c3ccccc3c1c1c3ccccc3c(-c3ccc(F)cc3)cc21. The molecule has 0 atom stereocenters. The summed E-state index contributed by atoms with van der Waals surface area (Å²) in [4.78, 5) is 0. The standard InChI is InChI=1S/C40H20F2N2/c41-27-13-9-23(10-14-27)33-19-37-35-17-25(21-43)26(22-44)18-36(35)38-20-34(24-11-15-28(42)16-12-24)30-6-2-4-8-32(30)40(38)39(37)31-7-3-1-5-29(31)33/h1-20H. The van der Waals surface area contributed by atoms with Gasteiger partial charge in [0, 0.05) is 0 Å². The number of nitriles is 2. The lowest BCUT2D eigenvalue weighted by atomic mass is 9.83. The number of hydrogen-bond donors (Lipinski definition) is 0. The molecule has 0 aliphatic heterocycles. The second-order valence-corrected chi connectivity index (χ2v) is 11.0. The van der Waals surface area contributed by atoms with Crippen molar-refractivity contribution in [2.75, 3.05) is 0 Å². The van der Waals surface area contributed by atoms with Gasteiger partial charge in [-0.1, -0.05) is 72.8 Å². The number of hydrogen-bond acceptors (Lipinski definition) is 2. The Morgan fingerprint density at radius 1 is 0.386 bits per heavy atom. The van der Waals surface area contributed by atoms with Crippen molar-refractivity contribution in [2.45, 2.75) is 0 Å². The summed E-state index contributed by atoms with van der Waals surface area (Å²) in [5.41, 5.74) is 4.26. The van der Waals surface area contributed by atoms with E-state index >= 15 is 0 Å². The van der Waals surface area contributed by atoms with Crippen LogP contribution in [0.25, 0.3) is 76.1 Å². The summed E-state index contributed by atoms with van der Waals surface area (Å²) in [5.74, 6) is -0.608. The van der Waals surface area contributed by atoms with Crippen LogP contribution in [0.5, 0.6) is 0 Å². The van der Waals surface area contributed by atoms with E-state index in [1.54, 1.807) is 24.3 Å². The Kier molecular flexibility index (Phi) is 5.66. The van der Waals surface area contributed by atoms with Crippen molar-refractivity contribution in [1.82, 2.24) is 0 Å². The molecule has 0 aliphatic carbocycles. The second-order valence-electron chi connectivity index (χ2n) is 11.0. The number of halogens is 2. The van der Waals surface area contributed by atoms with Crippen molar-refractivity contribution < 1.29 is 8.78 Å². The van der Waals surface area contributed by atoms with E-state index in [0.717, 1.165) is 76.1 Å². The van der Waals surface area contributed by atoms with Gasteiger partial charge >= 0.3 is 0 Å². The Bertz CT molecular complexity index is 2390. The maximum absolute atomic E-state index is 14.0. The highest BCUT2D eigenvalue weighted by molar-refractivity contribution is 6.38. The molecule has 0 bridgehead atoms. The minimum absolute atomic E-state index is 0.302. The molecule has 0 saturated heterocycles. The highest BCUT2D eigenvalue weighted by Crippen LogP contribution is 2.47.